The Labute approximate surface area is 89.1 Å². The maximum absolute atomic E-state index is 11.3. The molecule has 0 aliphatic rings. The Hall–Kier alpha value is -2.02. The molecule has 0 unspecified atom stereocenters. The van der Waals surface area contributed by atoms with E-state index in [1.165, 1.54) is 0 Å². The van der Waals surface area contributed by atoms with Crippen molar-refractivity contribution < 1.29 is 4.79 Å². The second-order valence-electron chi connectivity index (χ2n) is 2.79. The molecule has 1 rings (SSSR count). The van der Waals surface area contributed by atoms with Gasteiger partial charge < -0.3 is 10.6 Å². The molecule has 0 saturated carbocycles. The second-order valence-corrected chi connectivity index (χ2v) is 2.79. The topological polar surface area (TPSA) is 54.0 Å². The summed E-state index contributed by atoms with van der Waals surface area (Å²) in [6.07, 6.45) is 1.59. The number of hydrogen-bond donors (Lipinski definition) is 2. The second kappa shape index (κ2) is 5.66. The summed E-state index contributed by atoms with van der Waals surface area (Å²) >= 11 is 0. The Balaban J connectivity index is 2.72. The summed E-state index contributed by atoms with van der Waals surface area (Å²) in [5.74, 6) is 5.46. The number of rotatable bonds is 3. The maximum atomic E-state index is 11.3. The monoisotopic (exact) mass is 203 g/mol. The molecule has 0 aliphatic heterocycles. The average molecular weight is 203 g/mol. The third-order valence-electron chi connectivity index (χ3n) is 1.78. The smallest absolute Gasteiger partial charge is 0.269 e. The van der Waals surface area contributed by atoms with E-state index in [1.807, 2.05) is 0 Å². The summed E-state index contributed by atoms with van der Waals surface area (Å²) in [4.78, 5) is 15.2. The van der Waals surface area contributed by atoms with Crippen molar-refractivity contribution in [2.75, 3.05) is 18.9 Å². The molecule has 0 fully saturated rings. The molecule has 0 saturated heterocycles. The van der Waals surface area contributed by atoms with Gasteiger partial charge in [0, 0.05) is 18.9 Å². The van der Waals surface area contributed by atoms with E-state index in [4.69, 9.17) is 0 Å². The van der Waals surface area contributed by atoms with Crippen LogP contribution in [0, 0.1) is 11.8 Å². The number of amides is 1. The lowest BCUT2D eigenvalue weighted by Gasteiger charge is -2.03. The highest BCUT2D eigenvalue weighted by Gasteiger charge is 2.04. The molecule has 0 radical (unpaired) electrons. The summed E-state index contributed by atoms with van der Waals surface area (Å²) < 4.78 is 0. The summed E-state index contributed by atoms with van der Waals surface area (Å²) in [6.45, 7) is 2.35. The van der Waals surface area contributed by atoms with Crippen LogP contribution in [0.3, 0.4) is 0 Å². The van der Waals surface area contributed by atoms with E-state index < -0.39 is 0 Å². The van der Waals surface area contributed by atoms with Crippen molar-refractivity contribution >= 4 is 11.6 Å². The van der Waals surface area contributed by atoms with Crippen LogP contribution >= 0.6 is 0 Å². The number of carbonyl (C=O) groups is 1. The summed E-state index contributed by atoms with van der Waals surface area (Å²) in [5, 5.41) is 5.59. The molecule has 2 N–H and O–H groups in total. The summed E-state index contributed by atoms with van der Waals surface area (Å²) in [6, 6.07) is 3.49. The number of hydrogen-bond acceptors (Lipinski definition) is 3. The molecule has 0 bridgehead atoms. The number of anilines is 1. The van der Waals surface area contributed by atoms with E-state index in [2.05, 4.69) is 27.5 Å². The van der Waals surface area contributed by atoms with E-state index >= 15 is 0 Å². The highest BCUT2D eigenvalue weighted by atomic mass is 16.1. The fraction of sp³-hybridized carbons (Fsp3) is 0.273. The van der Waals surface area contributed by atoms with Gasteiger partial charge in [0.2, 0.25) is 0 Å². The third-order valence-corrected chi connectivity index (χ3v) is 1.78. The minimum atomic E-state index is -0.194. The van der Waals surface area contributed by atoms with E-state index in [0.717, 1.165) is 5.69 Å². The number of carbonyl (C=O) groups excluding carboxylic acids is 1. The highest BCUT2D eigenvalue weighted by molar-refractivity contribution is 5.92. The van der Waals surface area contributed by atoms with Crippen molar-refractivity contribution in [2.24, 2.45) is 0 Å². The van der Waals surface area contributed by atoms with Crippen molar-refractivity contribution in [3.05, 3.63) is 24.0 Å². The number of nitrogens with zero attached hydrogens (tertiary/aromatic N) is 1. The van der Waals surface area contributed by atoms with Crippen LogP contribution in [0.4, 0.5) is 5.69 Å². The predicted molar refractivity (Wildman–Crippen MR) is 59.6 cm³/mol. The largest absolute Gasteiger partial charge is 0.374 e. The van der Waals surface area contributed by atoms with Gasteiger partial charge in [0.1, 0.15) is 5.69 Å². The van der Waals surface area contributed by atoms with Gasteiger partial charge in [-0.3, -0.25) is 9.78 Å². The van der Waals surface area contributed by atoms with Crippen molar-refractivity contribution in [1.29, 1.82) is 0 Å². The molecule has 1 heterocycles. The molecule has 0 aromatic carbocycles. The van der Waals surface area contributed by atoms with Gasteiger partial charge in [0.25, 0.3) is 5.91 Å². The van der Waals surface area contributed by atoms with Crippen molar-refractivity contribution in [3.63, 3.8) is 0 Å². The number of pyridine rings is 1. The van der Waals surface area contributed by atoms with Crippen molar-refractivity contribution in [2.45, 2.75) is 6.92 Å². The molecule has 0 spiro atoms. The minimum absolute atomic E-state index is 0.194. The van der Waals surface area contributed by atoms with Gasteiger partial charge >= 0.3 is 0 Å². The zero-order valence-electron chi connectivity index (χ0n) is 8.79. The van der Waals surface area contributed by atoms with Gasteiger partial charge in [0.15, 0.2) is 0 Å². The molecule has 1 aromatic heterocycles. The van der Waals surface area contributed by atoms with E-state index in [-0.39, 0.29) is 5.91 Å². The molecular formula is C11H13N3O. The molecule has 0 aliphatic carbocycles. The number of nitrogens with one attached hydrogen (secondary N) is 2. The Morgan fingerprint density at radius 3 is 3.07 bits per heavy atom. The average Bonchev–Trinajstić information content (AvgIpc) is 2.29. The van der Waals surface area contributed by atoms with E-state index in [9.17, 15) is 4.79 Å². The lowest BCUT2D eigenvalue weighted by Crippen LogP contribution is -2.19. The van der Waals surface area contributed by atoms with Crippen molar-refractivity contribution in [3.8, 4) is 11.8 Å². The standard InChI is InChI=1S/C11H13N3O/c1-3-4-6-13-9-5-7-14-10(8-9)11(15)12-2/h5,7-8H,6H2,1-2H3,(H,12,15)(H,13,14). The fourth-order valence-corrected chi connectivity index (χ4v) is 1.03. The van der Waals surface area contributed by atoms with Crippen LogP contribution in [-0.2, 0) is 0 Å². The fourth-order valence-electron chi connectivity index (χ4n) is 1.03. The Morgan fingerprint density at radius 2 is 2.40 bits per heavy atom. The molecule has 1 aromatic rings. The van der Waals surface area contributed by atoms with Gasteiger partial charge in [-0.25, -0.2) is 0 Å². The van der Waals surface area contributed by atoms with Gasteiger partial charge in [0.05, 0.1) is 6.54 Å². The normalized spacial score (nSPS) is 8.67. The zero-order valence-corrected chi connectivity index (χ0v) is 8.79. The van der Waals surface area contributed by atoms with Crippen LogP contribution in [0.5, 0.6) is 0 Å². The van der Waals surface area contributed by atoms with Crippen LogP contribution in [0.25, 0.3) is 0 Å². The Kier molecular flexibility index (Phi) is 4.17. The first kappa shape index (κ1) is 11.1. The van der Waals surface area contributed by atoms with Gasteiger partial charge in [-0.15, -0.1) is 5.92 Å². The van der Waals surface area contributed by atoms with Crippen LogP contribution in [0.1, 0.15) is 17.4 Å². The van der Waals surface area contributed by atoms with Crippen LogP contribution in [-0.4, -0.2) is 24.5 Å². The van der Waals surface area contributed by atoms with Gasteiger partial charge in [-0.05, 0) is 19.1 Å². The number of aromatic nitrogens is 1. The van der Waals surface area contributed by atoms with Gasteiger partial charge in [-0.1, -0.05) is 5.92 Å². The zero-order chi connectivity index (χ0) is 11.1. The molecular weight excluding hydrogens is 190 g/mol. The first-order chi connectivity index (χ1) is 7.27. The molecule has 15 heavy (non-hydrogen) atoms. The summed E-state index contributed by atoms with van der Waals surface area (Å²) in [7, 11) is 1.58. The minimum Gasteiger partial charge on any atom is -0.374 e. The lowest BCUT2D eigenvalue weighted by atomic mass is 10.3. The van der Waals surface area contributed by atoms with Gasteiger partial charge in [-0.2, -0.15) is 0 Å². The third kappa shape index (κ3) is 3.31. The van der Waals surface area contributed by atoms with Crippen LogP contribution in [0.15, 0.2) is 18.3 Å². The molecule has 4 nitrogen and oxygen atoms in total. The summed E-state index contributed by atoms with van der Waals surface area (Å²) in [5.41, 5.74) is 1.23. The van der Waals surface area contributed by atoms with Crippen LogP contribution in [0.2, 0.25) is 0 Å². The van der Waals surface area contributed by atoms with E-state index in [1.54, 1.807) is 32.3 Å². The van der Waals surface area contributed by atoms with Crippen LogP contribution < -0.4 is 10.6 Å². The van der Waals surface area contributed by atoms with E-state index in [0.29, 0.717) is 12.2 Å². The quantitative estimate of drug-likeness (QED) is 0.717. The predicted octanol–water partition coefficient (Wildman–Crippen LogP) is 0.876. The first-order valence-electron chi connectivity index (χ1n) is 4.59. The van der Waals surface area contributed by atoms with Crippen molar-refractivity contribution in [1.82, 2.24) is 10.3 Å². The Morgan fingerprint density at radius 1 is 1.60 bits per heavy atom. The Bertz CT molecular complexity index is 404. The first-order valence-corrected chi connectivity index (χ1v) is 4.59. The molecule has 4 heteroatoms. The molecule has 1 amide bonds. The SMILES string of the molecule is CC#CCNc1ccnc(C(=O)NC)c1. The highest BCUT2D eigenvalue weighted by Crippen LogP contribution is 2.06. The lowest BCUT2D eigenvalue weighted by molar-refractivity contribution is 0.0958. The molecule has 78 valence electrons. The maximum Gasteiger partial charge on any atom is 0.269 e. The molecule has 0 atom stereocenters.